The molecule has 0 heterocycles. The largest absolute Gasteiger partial charge is 0.368 e. The Labute approximate surface area is 113 Å². The number of rotatable bonds is 3. The molecule has 0 saturated heterocycles. The molecule has 0 aromatic heterocycles. The third-order valence-electron chi connectivity index (χ3n) is 3.96. The topological polar surface area (TPSA) is 77.2 Å². The van der Waals surface area contributed by atoms with Crippen molar-refractivity contribution in [2.75, 3.05) is 0 Å². The van der Waals surface area contributed by atoms with Crippen LogP contribution in [0.2, 0.25) is 0 Å². The van der Waals surface area contributed by atoms with Gasteiger partial charge in [0, 0.05) is 0 Å². The molecule has 104 valence electrons. The van der Waals surface area contributed by atoms with Gasteiger partial charge in [0.05, 0.1) is 4.90 Å². The molecule has 0 bridgehead atoms. The Morgan fingerprint density at radius 1 is 1.11 bits per heavy atom. The van der Waals surface area contributed by atoms with Gasteiger partial charge in [0.2, 0.25) is 5.91 Å². The van der Waals surface area contributed by atoms with Crippen LogP contribution in [0.25, 0.3) is 0 Å². The molecule has 0 unspecified atom stereocenters. The van der Waals surface area contributed by atoms with Gasteiger partial charge < -0.3 is 5.73 Å². The van der Waals surface area contributed by atoms with E-state index < -0.39 is 20.5 Å². The molecule has 0 radical (unpaired) electrons. The van der Waals surface area contributed by atoms with Crippen molar-refractivity contribution in [3.8, 4) is 0 Å². The zero-order valence-corrected chi connectivity index (χ0v) is 11.9. The molecule has 1 saturated carbocycles. The third-order valence-corrected chi connectivity index (χ3v) is 6.49. The first-order chi connectivity index (χ1) is 8.90. The maximum atomic E-state index is 12.8. The highest BCUT2D eigenvalue weighted by molar-refractivity contribution is 7.93. The van der Waals surface area contributed by atoms with E-state index in [-0.39, 0.29) is 4.90 Å². The SMILES string of the molecule is Cc1ccc(S(=O)(=O)C2(C(N)=O)CCCCC2)cc1. The van der Waals surface area contributed by atoms with Crippen molar-refractivity contribution < 1.29 is 13.2 Å². The van der Waals surface area contributed by atoms with Crippen molar-refractivity contribution in [3.63, 3.8) is 0 Å². The van der Waals surface area contributed by atoms with E-state index in [9.17, 15) is 13.2 Å². The highest BCUT2D eigenvalue weighted by Gasteiger charge is 2.50. The van der Waals surface area contributed by atoms with Crippen molar-refractivity contribution >= 4 is 15.7 Å². The van der Waals surface area contributed by atoms with Crippen LogP contribution in [0.1, 0.15) is 37.7 Å². The molecule has 1 fully saturated rings. The van der Waals surface area contributed by atoms with E-state index in [1.807, 2.05) is 6.92 Å². The quantitative estimate of drug-likeness (QED) is 0.920. The van der Waals surface area contributed by atoms with Crippen LogP contribution >= 0.6 is 0 Å². The van der Waals surface area contributed by atoms with E-state index >= 15 is 0 Å². The predicted molar refractivity (Wildman–Crippen MR) is 73.4 cm³/mol. The minimum atomic E-state index is -3.71. The van der Waals surface area contributed by atoms with E-state index in [2.05, 4.69) is 0 Å². The molecule has 0 aliphatic heterocycles. The molecule has 4 nitrogen and oxygen atoms in total. The molecule has 1 aliphatic carbocycles. The first kappa shape index (κ1) is 14.1. The summed E-state index contributed by atoms with van der Waals surface area (Å²) >= 11 is 0. The summed E-state index contributed by atoms with van der Waals surface area (Å²) in [4.78, 5) is 12.0. The lowest BCUT2D eigenvalue weighted by Crippen LogP contribution is -2.51. The van der Waals surface area contributed by atoms with Crippen molar-refractivity contribution in [2.24, 2.45) is 5.73 Å². The van der Waals surface area contributed by atoms with E-state index in [4.69, 9.17) is 5.73 Å². The lowest BCUT2D eigenvalue weighted by Gasteiger charge is -2.33. The Bertz CT molecular complexity index is 569. The lowest BCUT2D eigenvalue weighted by molar-refractivity contribution is -0.121. The van der Waals surface area contributed by atoms with Gasteiger partial charge in [-0.05, 0) is 31.9 Å². The molecule has 1 aromatic rings. The lowest BCUT2D eigenvalue weighted by atomic mass is 9.88. The average molecular weight is 281 g/mol. The maximum Gasteiger partial charge on any atom is 0.239 e. The number of carbonyl (C=O) groups is 1. The Hall–Kier alpha value is -1.36. The summed E-state index contributed by atoms with van der Waals surface area (Å²) < 4.78 is 24.1. The van der Waals surface area contributed by atoms with E-state index in [1.165, 1.54) is 0 Å². The minimum absolute atomic E-state index is 0.193. The number of hydrogen-bond acceptors (Lipinski definition) is 3. The van der Waals surface area contributed by atoms with Gasteiger partial charge in [0.15, 0.2) is 14.6 Å². The van der Waals surface area contributed by atoms with Crippen molar-refractivity contribution in [2.45, 2.75) is 48.7 Å². The molecule has 1 amide bonds. The van der Waals surface area contributed by atoms with Crippen molar-refractivity contribution in [3.05, 3.63) is 29.8 Å². The predicted octanol–water partition coefficient (Wildman–Crippen LogP) is 1.96. The Balaban J connectivity index is 2.51. The summed E-state index contributed by atoms with van der Waals surface area (Å²) in [6.45, 7) is 1.89. The Morgan fingerprint density at radius 2 is 1.63 bits per heavy atom. The Morgan fingerprint density at radius 3 is 2.11 bits per heavy atom. The summed E-state index contributed by atoms with van der Waals surface area (Å²) in [7, 11) is -3.71. The number of carbonyl (C=O) groups excluding carboxylic acids is 1. The number of benzene rings is 1. The first-order valence-electron chi connectivity index (χ1n) is 6.51. The smallest absolute Gasteiger partial charge is 0.239 e. The average Bonchev–Trinajstić information content (AvgIpc) is 2.39. The number of nitrogens with two attached hydrogens (primary N) is 1. The Kier molecular flexibility index (Phi) is 3.67. The second-order valence-corrected chi connectivity index (χ2v) is 7.50. The molecule has 0 atom stereocenters. The summed E-state index contributed by atoms with van der Waals surface area (Å²) in [5.41, 5.74) is 6.42. The second kappa shape index (κ2) is 4.96. The molecule has 2 N–H and O–H groups in total. The number of sulfone groups is 1. The number of primary amides is 1. The third kappa shape index (κ3) is 2.27. The monoisotopic (exact) mass is 281 g/mol. The fraction of sp³-hybridized carbons (Fsp3) is 0.500. The summed E-state index contributed by atoms with van der Waals surface area (Å²) in [5.74, 6) is -0.715. The highest BCUT2D eigenvalue weighted by atomic mass is 32.2. The molecule has 5 heteroatoms. The van der Waals surface area contributed by atoms with E-state index in [0.717, 1.165) is 24.8 Å². The normalized spacial score (nSPS) is 19.0. The van der Waals surface area contributed by atoms with Gasteiger partial charge in [-0.3, -0.25) is 4.79 Å². The van der Waals surface area contributed by atoms with Gasteiger partial charge in [0.25, 0.3) is 0 Å². The van der Waals surface area contributed by atoms with Crippen LogP contribution in [0.4, 0.5) is 0 Å². The highest BCUT2D eigenvalue weighted by Crippen LogP contribution is 2.38. The molecular formula is C14H19NO3S. The van der Waals surface area contributed by atoms with Crippen LogP contribution in [-0.2, 0) is 14.6 Å². The molecule has 1 aliphatic rings. The zero-order chi connectivity index (χ0) is 14.1. The summed E-state index contributed by atoms with van der Waals surface area (Å²) in [5, 5.41) is 0. The fourth-order valence-electron chi connectivity index (χ4n) is 2.71. The van der Waals surface area contributed by atoms with Gasteiger partial charge in [-0.15, -0.1) is 0 Å². The van der Waals surface area contributed by atoms with E-state index in [0.29, 0.717) is 12.8 Å². The zero-order valence-electron chi connectivity index (χ0n) is 11.1. The van der Waals surface area contributed by atoms with Crippen LogP contribution in [0, 0.1) is 6.92 Å². The summed E-state index contributed by atoms with van der Waals surface area (Å²) in [6, 6.07) is 6.60. The van der Waals surface area contributed by atoms with Crippen molar-refractivity contribution in [1.29, 1.82) is 0 Å². The molecule has 2 rings (SSSR count). The van der Waals surface area contributed by atoms with Crippen LogP contribution in [0.15, 0.2) is 29.2 Å². The minimum Gasteiger partial charge on any atom is -0.368 e. The molecule has 19 heavy (non-hydrogen) atoms. The molecule has 1 aromatic carbocycles. The number of aryl methyl sites for hydroxylation is 1. The second-order valence-electron chi connectivity index (χ2n) is 5.24. The maximum absolute atomic E-state index is 12.8. The number of hydrogen-bond donors (Lipinski definition) is 1. The van der Waals surface area contributed by atoms with Gasteiger partial charge >= 0.3 is 0 Å². The van der Waals surface area contributed by atoms with E-state index in [1.54, 1.807) is 24.3 Å². The molecule has 0 spiro atoms. The van der Waals surface area contributed by atoms with Crippen molar-refractivity contribution in [1.82, 2.24) is 0 Å². The summed E-state index contributed by atoms with van der Waals surface area (Å²) in [6.07, 6.45) is 3.08. The van der Waals surface area contributed by atoms with Crippen LogP contribution < -0.4 is 5.73 Å². The van der Waals surface area contributed by atoms with Gasteiger partial charge in [-0.1, -0.05) is 37.0 Å². The standard InChI is InChI=1S/C14H19NO3S/c1-11-5-7-12(8-6-11)19(17,18)14(13(15)16)9-3-2-4-10-14/h5-8H,2-4,9-10H2,1H3,(H2,15,16). The van der Waals surface area contributed by atoms with Gasteiger partial charge in [-0.2, -0.15) is 0 Å². The first-order valence-corrected chi connectivity index (χ1v) is 8.00. The van der Waals surface area contributed by atoms with Crippen LogP contribution in [-0.4, -0.2) is 19.1 Å². The van der Waals surface area contributed by atoms with Gasteiger partial charge in [0.1, 0.15) is 0 Å². The van der Waals surface area contributed by atoms with Crippen LogP contribution in [0.3, 0.4) is 0 Å². The van der Waals surface area contributed by atoms with Gasteiger partial charge in [-0.25, -0.2) is 8.42 Å². The fourth-order valence-corrected chi connectivity index (χ4v) is 4.75. The molecular weight excluding hydrogens is 262 g/mol. The van der Waals surface area contributed by atoms with Crippen LogP contribution in [0.5, 0.6) is 0 Å². The number of amides is 1.